The van der Waals surface area contributed by atoms with E-state index >= 15 is 0 Å². The molecule has 1 aromatic heterocycles. The number of hydrogen-bond donors (Lipinski definition) is 1. The number of pyridine rings is 1. The van der Waals surface area contributed by atoms with Crippen LogP contribution in [-0.2, 0) is 0 Å². The first-order valence-corrected chi connectivity index (χ1v) is 8.16. The van der Waals surface area contributed by atoms with Gasteiger partial charge >= 0.3 is 6.18 Å². The number of hydrogen-bond acceptors (Lipinski definition) is 3. The highest BCUT2D eigenvalue weighted by Gasteiger charge is 2.46. The number of rotatable bonds is 3. The van der Waals surface area contributed by atoms with Crippen LogP contribution in [0.15, 0.2) is 18.3 Å². The van der Waals surface area contributed by atoms with Crippen molar-refractivity contribution in [3.63, 3.8) is 0 Å². The van der Waals surface area contributed by atoms with Gasteiger partial charge in [0.25, 0.3) is 0 Å². The number of piperidine rings is 1. The van der Waals surface area contributed by atoms with Crippen molar-refractivity contribution in [1.29, 1.82) is 0 Å². The molecule has 0 amide bonds. The van der Waals surface area contributed by atoms with Gasteiger partial charge in [-0.3, -0.25) is 4.98 Å². The summed E-state index contributed by atoms with van der Waals surface area (Å²) >= 11 is 5.74. The van der Waals surface area contributed by atoms with E-state index in [1.54, 1.807) is 0 Å². The standard InChI is InChI=1S/C14H18ClF3N2O.C2H6/c1-20-6-4-13(21,5-7-20)11(8-14(16,17)18)12-3-2-10(15)9-19-12;1-2/h2-3,9,11,21H,4-8H2,1H3;1-2H3. The van der Waals surface area contributed by atoms with Gasteiger partial charge in [-0.1, -0.05) is 25.4 Å². The smallest absolute Gasteiger partial charge is 0.389 e. The number of likely N-dealkylation sites (tertiary alicyclic amines) is 1. The fourth-order valence-corrected chi connectivity index (χ4v) is 2.86. The lowest BCUT2D eigenvalue weighted by atomic mass is 9.76. The molecule has 0 radical (unpaired) electrons. The molecule has 0 bridgehead atoms. The molecular weight excluding hydrogens is 329 g/mol. The zero-order valence-corrected chi connectivity index (χ0v) is 14.5. The van der Waals surface area contributed by atoms with Crippen LogP contribution in [0.25, 0.3) is 0 Å². The summed E-state index contributed by atoms with van der Waals surface area (Å²) in [6, 6.07) is 2.97. The van der Waals surface area contributed by atoms with E-state index in [0.29, 0.717) is 31.0 Å². The van der Waals surface area contributed by atoms with E-state index in [0.717, 1.165) is 0 Å². The maximum atomic E-state index is 12.9. The Kier molecular flexibility index (Phi) is 7.29. The van der Waals surface area contributed by atoms with Gasteiger partial charge in [0, 0.05) is 30.9 Å². The number of aromatic nitrogens is 1. The molecule has 1 aromatic rings. The number of aliphatic hydroxyl groups is 1. The molecule has 2 rings (SSSR count). The Morgan fingerprint density at radius 2 is 1.87 bits per heavy atom. The minimum absolute atomic E-state index is 0.240. The third kappa shape index (κ3) is 5.94. The predicted molar refractivity (Wildman–Crippen MR) is 85.7 cm³/mol. The SMILES string of the molecule is CC.CN1CCC(O)(C(CC(F)(F)F)c2ccc(Cl)cn2)CC1. The van der Waals surface area contributed by atoms with Crippen molar-refractivity contribution in [2.45, 2.75) is 50.8 Å². The molecule has 132 valence electrons. The first-order chi connectivity index (χ1) is 10.7. The number of alkyl halides is 3. The van der Waals surface area contributed by atoms with Crippen molar-refractivity contribution in [3.8, 4) is 0 Å². The lowest BCUT2D eigenvalue weighted by Crippen LogP contribution is -2.48. The summed E-state index contributed by atoms with van der Waals surface area (Å²) in [4.78, 5) is 5.99. The highest BCUT2D eigenvalue weighted by atomic mass is 35.5. The predicted octanol–water partition coefficient (Wildman–Crippen LogP) is 4.25. The maximum Gasteiger partial charge on any atom is 0.389 e. The fraction of sp³-hybridized carbons (Fsp3) is 0.688. The Morgan fingerprint density at radius 3 is 2.30 bits per heavy atom. The Balaban J connectivity index is 0.00000127. The second-order valence-electron chi connectivity index (χ2n) is 5.68. The van der Waals surface area contributed by atoms with Crippen LogP contribution in [-0.4, -0.2) is 46.9 Å². The van der Waals surface area contributed by atoms with E-state index in [2.05, 4.69) is 4.98 Å². The van der Waals surface area contributed by atoms with Gasteiger partial charge in [0.05, 0.1) is 17.0 Å². The van der Waals surface area contributed by atoms with Crippen LogP contribution >= 0.6 is 11.6 Å². The minimum atomic E-state index is -4.36. The molecule has 23 heavy (non-hydrogen) atoms. The highest BCUT2D eigenvalue weighted by Crippen LogP contribution is 2.42. The topological polar surface area (TPSA) is 36.4 Å². The van der Waals surface area contributed by atoms with Gasteiger partial charge in [0.1, 0.15) is 0 Å². The van der Waals surface area contributed by atoms with Crippen LogP contribution < -0.4 is 0 Å². The Labute approximate surface area is 140 Å². The van der Waals surface area contributed by atoms with E-state index < -0.39 is 24.1 Å². The van der Waals surface area contributed by atoms with Crippen molar-refractivity contribution < 1.29 is 18.3 Å². The van der Waals surface area contributed by atoms with Crippen LogP contribution in [0.3, 0.4) is 0 Å². The number of halogens is 4. The quantitative estimate of drug-likeness (QED) is 0.883. The van der Waals surface area contributed by atoms with Crippen LogP contribution in [0.5, 0.6) is 0 Å². The Bertz CT molecular complexity index is 471. The summed E-state index contributed by atoms with van der Waals surface area (Å²) in [6.45, 7) is 5.14. The van der Waals surface area contributed by atoms with Crippen molar-refractivity contribution in [2.75, 3.05) is 20.1 Å². The summed E-state index contributed by atoms with van der Waals surface area (Å²) in [5.74, 6) is -1.07. The third-order valence-corrected chi connectivity index (χ3v) is 4.27. The van der Waals surface area contributed by atoms with Gasteiger partial charge in [-0.25, -0.2) is 0 Å². The van der Waals surface area contributed by atoms with E-state index in [1.165, 1.54) is 18.3 Å². The van der Waals surface area contributed by atoms with Crippen molar-refractivity contribution in [1.82, 2.24) is 9.88 Å². The monoisotopic (exact) mass is 352 g/mol. The van der Waals surface area contributed by atoms with E-state index in [1.807, 2.05) is 25.8 Å². The van der Waals surface area contributed by atoms with Gasteiger partial charge in [0.2, 0.25) is 0 Å². The lowest BCUT2D eigenvalue weighted by Gasteiger charge is -2.42. The minimum Gasteiger partial charge on any atom is -0.389 e. The molecule has 1 saturated heterocycles. The summed E-state index contributed by atoms with van der Waals surface area (Å²) < 4.78 is 38.7. The maximum absolute atomic E-state index is 12.9. The zero-order chi connectivity index (χ0) is 17.7. The second kappa shape index (κ2) is 8.31. The van der Waals surface area contributed by atoms with Crippen molar-refractivity contribution >= 4 is 11.6 Å². The van der Waals surface area contributed by atoms with Crippen molar-refractivity contribution in [2.24, 2.45) is 0 Å². The fourth-order valence-electron chi connectivity index (χ4n) is 2.75. The lowest BCUT2D eigenvalue weighted by molar-refractivity contribution is -0.158. The van der Waals surface area contributed by atoms with Crippen LogP contribution in [0.2, 0.25) is 5.02 Å². The van der Waals surface area contributed by atoms with Crippen LogP contribution in [0, 0.1) is 0 Å². The highest BCUT2D eigenvalue weighted by molar-refractivity contribution is 6.30. The Hall–Kier alpha value is -0.850. The van der Waals surface area contributed by atoms with Gasteiger partial charge in [-0.05, 0) is 32.0 Å². The first kappa shape index (κ1) is 20.2. The van der Waals surface area contributed by atoms with Crippen molar-refractivity contribution in [3.05, 3.63) is 29.0 Å². The molecule has 2 heterocycles. The van der Waals surface area contributed by atoms with Gasteiger partial charge in [-0.2, -0.15) is 13.2 Å². The molecule has 1 fully saturated rings. The Morgan fingerprint density at radius 1 is 1.30 bits per heavy atom. The molecule has 1 aliphatic heterocycles. The second-order valence-corrected chi connectivity index (χ2v) is 6.12. The van der Waals surface area contributed by atoms with Gasteiger partial charge in [-0.15, -0.1) is 0 Å². The molecule has 1 unspecified atom stereocenters. The third-order valence-electron chi connectivity index (χ3n) is 4.04. The first-order valence-electron chi connectivity index (χ1n) is 7.79. The molecule has 0 aliphatic carbocycles. The molecule has 1 aliphatic rings. The van der Waals surface area contributed by atoms with E-state index in [9.17, 15) is 18.3 Å². The molecule has 1 atom stereocenters. The summed E-state index contributed by atoms with van der Waals surface area (Å²) in [6.07, 6.45) is -3.52. The van der Waals surface area contributed by atoms with Gasteiger partial charge in [0.15, 0.2) is 0 Å². The van der Waals surface area contributed by atoms with Crippen LogP contribution in [0.4, 0.5) is 13.2 Å². The molecule has 0 saturated carbocycles. The summed E-state index contributed by atoms with van der Waals surface area (Å²) in [5, 5.41) is 11.1. The average Bonchev–Trinajstić information content (AvgIpc) is 2.50. The molecular formula is C16H24ClF3N2O. The molecule has 1 N–H and O–H groups in total. The van der Waals surface area contributed by atoms with Gasteiger partial charge < -0.3 is 10.0 Å². The average molecular weight is 353 g/mol. The molecule has 7 heteroatoms. The molecule has 0 spiro atoms. The van der Waals surface area contributed by atoms with E-state index in [-0.39, 0.29) is 5.69 Å². The largest absolute Gasteiger partial charge is 0.389 e. The summed E-state index contributed by atoms with van der Waals surface area (Å²) in [5.41, 5.74) is -1.15. The molecule has 3 nitrogen and oxygen atoms in total. The normalized spacial score (nSPS) is 19.7. The van der Waals surface area contributed by atoms with E-state index in [4.69, 9.17) is 11.6 Å². The number of nitrogens with zero attached hydrogens (tertiary/aromatic N) is 2. The van der Waals surface area contributed by atoms with Crippen LogP contribution in [0.1, 0.15) is 44.7 Å². The summed E-state index contributed by atoms with van der Waals surface area (Å²) in [7, 11) is 1.89. The molecule has 0 aromatic carbocycles. The zero-order valence-electron chi connectivity index (χ0n) is 13.7.